The molecule has 1 fully saturated rings. The minimum atomic E-state index is -4.76. The number of β-amino-alcohol motifs (C(OH)–C–C–N with tert-alkyl or cyclic N) is 1. The Morgan fingerprint density at radius 1 is 1.05 bits per heavy atom. The van der Waals surface area contributed by atoms with Crippen molar-refractivity contribution < 1.29 is 27.8 Å². The van der Waals surface area contributed by atoms with Gasteiger partial charge in [0.1, 0.15) is 22.7 Å². The van der Waals surface area contributed by atoms with Crippen LogP contribution in [-0.2, 0) is 12.6 Å². The first kappa shape index (κ1) is 26.5. The van der Waals surface area contributed by atoms with E-state index in [1.165, 1.54) is 26.4 Å². The number of anilines is 1. The summed E-state index contributed by atoms with van der Waals surface area (Å²) in [6.45, 7) is 2.63. The van der Waals surface area contributed by atoms with Crippen LogP contribution in [0.2, 0.25) is 0 Å². The van der Waals surface area contributed by atoms with Crippen molar-refractivity contribution in [3.8, 4) is 28.4 Å². The predicted octanol–water partition coefficient (Wildman–Crippen LogP) is 4.62. The topological polar surface area (TPSA) is 89.7 Å². The van der Waals surface area contributed by atoms with E-state index in [2.05, 4.69) is 10.1 Å². The van der Waals surface area contributed by atoms with Gasteiger partial charge >= 0.3 is 6.18 Å². The van der Waals surface area contributed by atoms with Crippen LogP contribution in [0.15, 0.2) is 53.3 Å². The fourth-order valence-electron chi connectivity index (χ4n) is 4.78. The van der Waals surface area contributed by atoms with Crippen molar-refractivity contribution in [3.63, 3.8) is 0 Å². The largest absolute Gasteiger partial charge is 0.497 e. The zero-order chi connectivity index (χ0) is 27.9. The highest BCUT2D eigenvalue weighted by atomic mass is 19.4. The van der Waals surface area contributed by atoms with Gasteiger partial charge in [0.15, 0.2) is 0 Å². The molecule has 1 atom stereocenters. The van der Waals surface area contributed by atoms with Crippen molar-refractivity contribution in [1.82, 2.24) is 14.8 Å². The molecule has 4 aromatic rings. The van der Waals surface area contributed by atoms with Crippen molar-refractivity contribution in [2.75, 3.05) is 32.2 Å². The Labute approximate surface area is 222 Å². The number of methoxy groups -OCH3 is 2. The van der Waals surface area contributed by atoms with Crippen LogP contribution < -0.4 is 19.9 Å². The molecule has 0 bridgehead atoms. The van der Waals surface area contributed by atoms with Crippen LogP contribution >= 0.6 is 0 Å². The number of aliphatic hydroxyl groups excluding tert-OH is 1. The first-order valence-corrected chi connectivity index (χ1v) is 12.4. The maximum Gasteiger partial charge on any atom is 0.418 e. The second-order valence-electron chi connectivity index (χ2n) is 9.31. The highest BCUT2D eigenvalue weighted by Gasteiger charge is 2.36. The van der Waals surface area contributed by atoms with E-state index in [-0.39, 0.29) is 17.8 Å². The van der Waals surface area contributed by atoms with Crippen molar-refractivity contribution in [2.24, 2.45) is 0 Å². The van der Waals surface area contributed by atoms with Crippen LogP contribution in [0.4, 0.5) is 18.9 Å². The number of hydrogen-bond acceptors (Lipinski definition) is 7. The van der Waals surface area contributed by atoms with Crippen LogP contribution in [0, 0.1) is 0 Å². The smallest absolute Gasteiger partial charge is 0.418 e. The highest BCUT2D eigenvalue weighted by molar-refractivity contribution is 5.92. The minimum absolute atomic E-state index is 0.00346. The third-order valence-electron chi connectivity index (χ3n) is 6.83. The number of aliphatic hydroxyl groups is 1. The van der Waals surface area contributed by atoms with Gasteiger partial charge in [0.2, 0.25) is 0 Å². The number of rotatable bonds is 6. The number of aryl methyl sites for hydroxylation is 1. The van der Waals surface area contributed by atoms with E-state index in [1.807, 2.05) is 6.92 Å². The Kier molecular flexibility index (Phi) is 6.94. The van der Waals surface area contributed by atoms with Crippen LogP contribution in [0.3, 0.4) is 0 Å². The Morgan fingerprint density at radius 3 is 2.36 bits per heavy atom. The van der Waals surface area contributed by atoms with E-state index in [0.717, 1.165) is 10.7 Å². The summed E-state index contributed by atoms with van der Waals surface area (Å²) in [5.74, 6) is 0.890. The van der Waals surface area contributed by atoms with Gasteiger partial charge in [0, 0.05) is 41.5 Å². The normalized spacial score (nSPS) is 15.7. The lowest BCUT2D eigenvalue weighted by molar-refractivity contribution is -0.137. The van der Waals surface area contributed by atoms with Gasteiger partial charge < -0.3 is 19.5 Å². The lowest BCUT2D eigenvalue weighted by atomic mass is 10.1. The monoisotopic (exact) mass is 540 g/mol. The number of ether oxygens (including phenoxy) is 2. The number of alkyl halides is 3. The molecule has 3 heterocycles. The standard InChI is InChI=1S/C28H27F3N4O4/c1-4-17-5-7-22-25(16-11-20(38-2)14-21(12-16)39-3)33-35(27(37)26(22)32-17)24-13-18(34-10-9-19(36)15-34)6-8-23(24)28(29,30)31/h5-8,11-14,19,36H,4,9-10,15H2,1-3H3. The van der Waals surface area contributed by atoms with Gasteiger partial charge in [0.05, 0.1) is 31.6 Å². The molecule has 0 amide bonds. The molecule has 1 aliphatic rings. The molecule has 0 spiro atoms. The van der Waals surface area contributed by atoms with E-state index < -0.39 is 29.1 Å². The summed E-state index contributed by atoms with van der Waals surface area (Å²) in [6.07, 6.45) is -4.31. The fraction of sp³-hybridized carbons (Fsp3) is 0.321. The van der Waals surface area contributed by atoms with Gasteiger partial charge in [-0.25, -0.2) is 4.98 Å². The predicted molar refractivity (Wildman–Crippen MR) is 141 cm³/mol. The fourth-order valence-corrected chi connectivity index (χ4v) is 4.78. The Morgan fingerprint density at radius 2 is 1.77 bits per heavy atom. The number of nitrogens with zero attached hydrogens (tertiary/aromatic N) is 4. The number of benzene rings is 2. The molecule has 39 heavy (non-hydrogen) atoms. The summed E-state index contributed by atoms with van der Waals surface area (Å²) >= 11 is 0. The van der Waals surface area contributed by atoms with E-state index >= 15 is 0 Å². The van der Waals surface area contributed by atoms with Crippen molar-refractivity contribution in [2.45, 2.75) is 32.0 Å². The summed E-state index contributed by atoms with van der Waals surface area (Å²) in [5.41, 5.74) is -0.436. The van der Waals surface area contributed by atoms with Crippen LogP contribution in [-0.4, -0.2) is 53.3 Å². The van der Waals surface area contributed by atoms with Crippen molar-refractivity contribution in [3.05, 3.63) is 70.1 Å². The summed E-state index contributed by atoms with van der Waals surface area (Å²) in [7, 11) is 2.97. The third-order valence-corrected chi connectivity index (χ3v) is 6.83. The zero-order valence-electron chi connectivity index (χ0n) is 21.6. The van der Waals surface area contributed by atoms with Gasteiger partial charge in [-0.1, -0.05) is 6.92 Å². The lowest BCUT2D eigenvalue weighted by Crippen LogP contribution is -2.27. The summed E-state index contributed by atoms with van der Waals surface area (Å²) < 4.78 is 54.3. The van der Waals surface area contributed by atoms with Crippen LogP contribution in [0.1, 0.15) is 24.6 Å². The van der Waals surface area contributed by atoms with Crippen LogP contribution in [0.25, 0.3) is 27.8 Å². The van der Waals surface area contributed by atoms with Gasteiger partial charge in [0.25, 0.3) is 5.56 Å². The number of pyridine rings is 1. The quantitative estimate of drug-likeness (QED) is 0.382. The van der Waals surface area contributed by atoms with E-state index in [9.17, 15) is 23.1 Å². The first-order chi connectivity index (χ1) is 18.6. The molecule has 8 nitrogen and oxygen atoms in total. The van der Waals surface area contributed by atoms with E-state index in [1.54, 1.807) is 35.2 Å². The average molecular weight is 541 g/mol. The molecule has 0 aliphatic carbocycles. The summed E-state index contributed by atoms with van der Waals surface area (Å²) in [6, 6.07) is 12.0. The van der Waals surface area contributed by atoms with Gasteiger partial charge in [-0.3, -0.25) is 4.79 Å². The third kappa shape index (κ3) is 5.01. The summed E-state index contributed by atoms with van der Waals surface area (Å²) in [5, 5.41) is 14.8. The molecule has 2 aromatic heterocycles. The molecule has 5 rings (SSSR count). The molecule has 1 aliphatic heterocycles. The van der Waals surface area contributed by atoms with Gasteiger partial charge in [-0.15, -0.1) is 0 Å². The molecule has 1 saturated heterocycles. The molecule has 0 radical (unpaired) electrons. The maximum absolute atomic E-state index is 14.2. The minimum Gasteiger partial charge on any atom is -0.497 e. The average Bonchev–Trinajstić information content (AvgIpc) is 3.38. The maximum atomic E-state index is 14.2. The molecule has 204 valence electrons. The molecular weight excluding hydrogens is 513 g/mol. The zero-order valence-corrected chi connectivity index (χ0v) is 21.6. The lowest BCUT2D eigenvalue weighted by Gasteiger charge is -2.22. The first-order valence-electron chi connectivity index (χ1n) is 12.4. The molecular formula is C28H27F3N4O4. The highest BCUT2D eigenvalue weighted by Crippen LogP contribution is 2.37. The SMILES string of the molecule is CCc1ccc2c(-c3cc(OC)cc(OC)c3)nn(-c3cc(N4CCC(O)C4)ccc3C(F)(F)F)c(=O)c2n1. The van der Waals surface area contributed by atoms with Crippen molar-refractivity contribution >= 4 is 16.6 Å². The molecule has 0 saturated carbocycles. The molecule has 2 aromatic carbocycles. The molecule has 1 N–H and O–H groups in total. The summed E-state index contributed by atoms with van der Waals surface area (Å²) in [4.78, 5) is 20.0. The van der Waals surface area contributed by atoms with Crippen molar-refractivity contribution in [1.29, 1.82) is 0 Å². The second kappa shape index (κ2) is 10.2. The second-order valence-corrected chi connectivity index (χ2v) is 9.31. The molecule has 1 unspecified atom stereocenters. The van der Waals surface area contributed by atoms with E-state index in [4.69, 9.17) is 9.47 Å². The Bertz CT molecular complexity index is 1580. The number of halogens is 3. The van der Waals surface area contributed by atoms with Gasteiger partial charge in [-0.2, -0.15) is 23.0 Å². The van der Waals surface area contributed by atoms with E-state index in [0.29, 0.717) is 53.2 Å². The van der Waals surface area contributed by atoms with Crippen LogP contribution in [0.5, 0.6) is 11.5 Å². The van der Waals surface area contributed by atoms with Gasteiger partial charge in [-0.05, 0) is 55.3 Å². The number of hydrogen-bond donors (Lipinski definition) is 1. The number of fused-ring (bicyclic) bond motifs is 1. The number of aromatic nitrogens is 3. The Balaban J connectivity index is 1.84. The Hall–Kier alpha value is -4.12. The molecule has 11 heteroatoms.